The molecule has 0 aliphatic carbocycles. The molecule has 2 rings (SSSR count). The molecule has 1 aromatic heterocycles. The molecule has 20 heavy (non-hydrogen) atoms. The van der Waals surface area contributed by atoms with Gasteiger partial charge in [0.1, 0.15) is 0 Å². The van der Waals surface area contributed by atoms with Gasteiger partial charge < -0.3 is 10.1 Å². The molecule has 0 spiro atoms. The maximum absolute atomic E-state index is 5.19. The van der Waals surface area contributed by atoms with Gasteiger partial charge in [-0.2, -0.15) is 16.9 Å². The smallest absolute Gasteiger partial charge is 0.0708 e. The van der Waals surface area contributed by atoms with Crippen molar-refractivity contribution < 1.29 is 4.74 Å². The van der Waals surface area contributed by atoms with Gasteiger partial charge in [0.25, 0.3) is 0 Å². The Morgan fingerprint density at radius 1 is 1.60 bits per heavy atom. The van der Waals surface area contributed by atoms with Crippen LogP contribution in [-0.4, -0.2) is 41.0 Å². The molecule has 1 saturated heterocycles. The third-order valence-electron chi connectivity index (χ3n) is 3.65. The van der Waals surface area contributed by atoms with Crippen molar-refractivity contribution in [2.75, 3.05) is 26.0 Å². The second-order valence-electron chi connectivity index (χ2n) is 5.03. The maximum atomic E-state index is 5.19. The maximum Gasteiger partial charge on any atom is 0.0708 e. The first-order valence-corrected chi connectivity index (χ1v) is 9.17. The summed E-state index contributed by atoms with van der Waals surface area (Å²) >= 11 is 5.77. The van der Waals surface area contributed by atoms with Gasteiger partial charge in [-0.1, -0.05) is 13.3 Å². The van der Waals surface area contributed by atoms with Crippen LogP contribution >= 0.6 is 27.7 Å². The van der Waals surface area contributed by atoms with Crippen LogP contribution in [0.4, 0.5) is 0 Å². The SMILES string of the molecule is CCNC(c1c(Br)cnn1CCOC)C1CCCCS1. The Morgan fingerprint density at radius 3 is 3.10 bits per heavy atom. The summed E-state index contributed by atoms with van der Waals surface area (Å²) in [5.41, 5.74) is 1.27. The third kappa shape index (κ3) is 4.00. The first kappa shape index (κ1) is 16.3. The molecule has 1 aliphatic heterocycles. The molecule has 0 amide bonds. The number of nitrogens with zero attached hydrogens (tertiary/aromatic N) is 2. The molecule has 0 bridgehead atoms. The summed E-state index contributed by atoms with van der Waals surface area (Å²) < 4.78 is 8.38. The van der Waals surface area contributed by atoms with Crippen molar-refractivity contribution in [3.05, 3.63) is 16.4 Å². The molecule has 2 unspecified atom stereocenters. The Bertz CT molecular complexity index is 407. The lowest BCUT2D eigenvalue weighted by Crippen LogP contribution is -2.34. The molecule has 1 aromatic rings. The summed E-state index contributed by atoms with van der Waals surface area (Å²) in [5, 5.41) is 8.79. The first-order valence-electron chi connectivity index (χ1n) is 7.33. The van der Waals surface area contributed by atoms with Gasteiger partial charge in [0, 0.05) is 12.4 Å². The Hall–Kier alpha value is -0.0400. The molecule has 1 aliphatic rings. The predicted molar refractivity (Wildman–Crippen MR) is 88.3 cm³/mol. The fraction of sp³-hybridized carbons (Fsp3) is 0.786. The van der Waals surface area contributed by atoms with Gasteiger partial charge in [0.05, 0.1) is 35.6 Å². The highest BCUT2D eigenvalue weighted by molar-refractivity contribution is 9.10. The van der Waals surface area contributed by atoms with Crippen LogP contribution in [0.3, 0.4) is 0 Å². The van der Waals surface area contributed by atoms with Crippen molar-refractivity contribution in [1.82, 2.24) is 15.1 Å². The number of methoxy groups -OCH3 is 1. The van der Waals surface area contributed by atoms with E-state index >= 15 is 0 Å². The number of nitrogens with one attached hydrogen (secondary N) is 1. The van der Waals surface area contributed by atoms with Gasteiger partial charge >= 0.3 is 0 Å². The number of halogens is 1. The van der Waals surface area contributed by atoms with E-state index in [4.69, 9.17) is 4.74 Å². The zero-order chi connectivity index (χ0) is 14.4. The number of ether oxygens (including phenoxy) is 1. The van der Waals surface area contributed by atoms with Crippen molar-refractivity contribution in [3.8, 4) is 0 Å². The highest BCUT2D eigenvalue weighted by Gasteiger charge is 2.29. The highest BCUT2D eigenvalue weighted by Crippen LogP contribution is 2.37. The fourth-order valence-corrected chi connectivity index (χ4v) is 4.66. The molecule has 0 aromatic carbocycles. The number of aromatic nitrogens is 2. The number of thioether (sulfide) groups is 1. The van der Waals surface area contributed by atoms with Crippen molar-refractivity contribution in [3.63, 3.8) is 0 Å². The third-order valence-corrected chi connectivity index (χ3v) is 5.72. The lowest BCUT2D eigenvalue weighted by Gasteiger charge is -2.31. The van der Waals surface area contributed by atoms with Crippen LogP contribution < -0.4 is 5.32 Å². The van der Waals surface area contributed by atoms with Crippen LogP contribution in [-0.2, 0) is 11.3 Å². The lowest BCUT2D eigenvalue weighted by molar-refractivity contribution is 0.181. The zero-order valence-electron chi connectivity index (χ0n) is 12.3. The van der Waals surface area contributed by atoms with Gasteiger partial charge in [-0.05, 0) is 41.1 Å². The molecule has 4 nitrogen and oxygen atoms in total. The van der Waals surface area contributed by atoms with Gasteiger partial charge in [-0.15, -0.1) is 0 Å². The number of hydrogen-bond acceptors (Lipinski definition) is 4. The summed E-state index contributed by atoms with van der Waals surface area (Å²) in [6.07, 6.45) is 5.88. The quantitative estimate of drug-likeness (QED) is 0.808. The Labute approximate surface area is 134 Å². The minimum atomic E-state index is 0.360. The van der Waals surface area contributed by atoms with Crippen LogP contribution in [0.5, 0.6) is 0 Å². The zero-order valence-corrected chi connectivity index (χ0v) is 14.7. The van der Waals surface area contributed by atoms with Gasteiger partial charge in [0.15, 0.2) is 0 Å². The van der Waals surface area contributed by atoms with Crippen molar-refractivity contribution in [1.29, 1.82) is 0 Å². The lowest BCUT2D eigenvalue weighted by atomic mass is 10.0. The van der Waals surface area contributed by atoms with Gasteiger partial charge in [-0.25, -0.2) is 0 Å². The molecular weight excluding hydrogens is 338 g/mol. The van der Waals surface area contributed by atoms with Crippen molar-refractivity contribution in [2.45, 2.75) is 44.0 Å². The molecular formula is C14H24BrN3OS. The van der Waals surface area contributed by atoms with E-state index in [-0.39, 0.29) is 0 Å². The van der Waals surface area contributed by atoms with E-state index in [0.717, 1.165) is 17.6 Å². The minimum absolute atomic E-state index is 0.360. The van der Waals surface area contributed by atoms with Gasteiger partial charge in [-0.3, -0.25) is 4.68 Å². The molecule has 1 N–H and O–H groups in total. The molecule has 6 heteroatoms. The van der Waals surface area contributed by atoms with Crippen molar-refractivity contribution in [2.24, 2.45) is 0 Å². The second kappa shape index (κ2) is 8.41. The minimum Gasteiger partial charge on any atom is -0.383 e. The molecule has 0 saturated carbocycles. The normalized spacial score (nSPS) is 21.1. The second-order valence-corrected chi connectivity index (χ2v) is 7.24. The Balaban J connectivity index is 2.20. The van der Waals surface area contributed by atoms with Gasteiger partial charge in [0.2, 0.25) is 0 Å². The van der Waals surface area contributed by atoms with E-state index in [1.165, 1.54) is 30.7 Å². The monoisotopic (exact) mass is 361 g/mol. The van der Waals surface area contributed by atoms with Crippen LogP contribution in [0.15, 0.2) is 10.7 Å². The van der Waals surface area contributed by atoms with Crippen molar-refractivity contribution >= 4 is 27.7 Å². The highest BCUT2D eigenvalue weighted by atomic mass is 79.9. The van der Waals surface area contributed by atoms with E-state index in [1.54, 1.807) is 7.11 Å². The Kier molecular flexibility index (Phi) is 6.87. The summed E-state index contributed by atoms with van der Waals surface area (Å²) in [6, 6.07) is 0.360. The summed E-state index contributed by atoms with van der Waals surface area (Å²) in [7, 11) is 1.73. The molecule has 1 fully saturated rings. The largest absolute Gasteiger partial charge is 0.383 e. The summed E-state index contributed by atoms with van der Waals surface area (Å²) in [5.74, 6) is 1.27. The van der Waals surface area contributed by atoms with E-state index in [2.05, 4.69) is 49.7 Å². The topological polar surface area (TPSA) is 39.1 Å². The predicted octanol–water partition coefficient (Wildman–Crippen LogP) is 3.23. The first-order chi connectivity index (χ1) is 9.77. The fourth-order valence-electron chi connectivity index (χ4n) is 2.69. The van der Waals surface area contributed by atoms with Crippen LogP contribution in [0.25, 0.3) is 0 Å². The van der Waals surface area contributed by atoms with E-state index in [0.29, 0.717) is 17.9 Å². The van der Waals surface area contributed by atoms with E-state index < -0.39 is 0 Å². The standard InChI is InChI=1S/C14H24BrN3OS/c1-3-16-13(12-6-4-5-9-20-12)14-11(15)10-17-18(14)7-8-19-2/h10,12-13,16H,3-9H2,1-2H3. The molecule has 2 heterocycles. The molecule has 114 valence electrons. The van der Waals surface area contributed by atoms with Crippen LogP contribution in [0.2, 0.25) is 0 Å². The summed E-state index contributed by atoms with van der Waals surface area (Å²) in [6.45, 7) is 4.64. The number of rotatable bonds is 7. The van der Waals surface area contributed by atoms with Crippen LogP contribution in [0.1, 0.15) is 37.9 Å². The summed E-state index contributed by atoms with van der Waals surface area (Å²) in [4.78, 5) is 0. The van der Waals surface area contributed by atoms with E-state index in [9.17, 15) is 0 Å². The average molecular weight is 362 g/mol. The van der Waals surface area contributed by atoms with Crippen LogP contribution in [0, 0.1) is 0 Å². The average Bonchev–Trinajstić information content (AvgIpc) is 2.84. The number of hydrogen-bond donors (Lipinski definition) is 1. The molecule has 2 atom stereocenters. The molecule has 0 radical (unpaired) electrons. The Morgan fingerprint density at radius 2 is 2.45 bits per heavy atom. The van der Waals surface area contributed by atoms with E-state index in [1.807, 2.05) is 6.20 Å².